The lowest BCUT2D eigenvalue weighted by molar-refractivity contribution is 0.661. The summed E-state index contributed by atoms with van der Waals surface area (Å²) in [6, 6.07) is 59.6. The molecule has 2 heterocycles. The summed E-state index contributed by atoms with van der Waals surface area (Å²) in [6.45, 7) is 4.83. The van der Waals surface area contributed by atoms with Gasteiger partial charge in [-0.25, -0.2) is 0 Å². The second-order valence-corrected chi connectivity index (χ2v) is 17.3. The summed E-state index contributed by atoms with van der Waals surface area (Å²) in [5.41, 5.74) is 10.7. The largest absolute Gasteiger partial charge is 0.135 e. The average Bonchev–Trinajstić information content (AvgIpc) is 3.82. The second kappa shape index (κ2) is 10.6. The maximum atomic E-state index is 2.54. The van der Waals surface area contributed by atoms with Crippen LogP contribution in [-0.4, -0.2) is 0 Å². The van der Waals surface area contributed by atoms with Gasteiger partial charge < -0.3 is 0 Å². The number of thiophene rings is 2. The summed E-state index contributed by atoms with van der Waals surface area (Å²) in [5.74, 6) is 0. The van der Waals surface area contributed by atoms with Crippen LogP contribution in [0.25, 0.3) is 106 Å². The zero-order valence-corrected chi connectivity index (χ0v) is 31.0. The number of rotatable bonds is 2. The summed E-state index contributed by atoms with van der Waals surface area (Å²) in [4.78, 5) is 0. The maximum Gasteiger partial charge on any atom is 0.0440 e. The Labute approximate surface area is 315 Å². The SMILES string of the molecule is CC1(C)c2ccccc2-c2c1cc1c(sc3cc4ccccc4cc31)c2-c1c2ccccc2c(-c2ccc3sc4ccccc4c3c2)c2ccccc12. The van der Waals surface area contributed by atoms with Crippen LogP contribution in [0, 0.1) is 0 Å². The Hall–Kier alpha value is -5.80. The van der Waals surface area contributed by atoms with E-state index in [1.54, 1.807) is 0 Å². The van der Waals surface area contributed by atoms with E-state index in [-0.39, 0.29) is 5.41 Å². The zero-order chi connectivity index (χ0) is 35.0. The van der Waals surface area contributed by atoms with Crippen molar-refractivity contribution >= 4 is 95.3 Å². The Morgan fingerprint density at radius 3 is 1.70 bits per heavy atom. The molecule has 0 saturated heterocycles. The molecule has 0 bridgehead atoms. The lowest BCUT2D eigenvalue weighted by Gasteiger charge is -2.23. The fourth-order valence-electron chi connectivity index (χ4n) is 9.59. The third kappa shape index (κ3) is 4.00. The minimum atomic E-state index is -0.135. The van der Waals surface area contributed by atoms with E-state index in [2.05, 4.69) is 172 Å². The summed E-state index contributed by atoms with van der Waals surface area (Å²) >= 11 is 3.84. The van der Waals surface area contributed by atoms with Gasteiger partial charge in [-0.1, -0.05) is 135 Å². The van der Waals surface area contributed by atoms with Gasteiger partial charge in [0.25, 0.3) is 0 Å². The van der Waals surface area contributed by atoms with E-state index >= 15 is 0 Å². The van der Waals surface area contributed by atoms with Gasteiger partial charge in [0.05, 0.1) is 0 Å². The predicted octanol–water partition coefficient (Wildman–Crippen LogP) is 15.5. The Bertz CT molecular complexity index is 3310. The Kier molecular flexibility index (Phi) is 5.97. The van der Waals surface area contributed by atoms with Crippen LogP contribution in [0.3, 0.4) is 0 Å². The minimum Gasteiger partial charge on any atom is -0.135 e. The molecule has 0 aliphatic heterocycles. The summed E-state index contributed by atoms with van der Waals surface area (Å²) in [5, 5.41) is 13.2. The first-order valence-electron chi connectivity index (χ1n) is 18.4. The normalized spacial score (nSPS) is 13.6. The third-order valence-electron chi connectivity index (χ3n) is 12.0. The highest BCUT2D eigenvalue weighted by atomic mass is 32.1. The van der Waals surface area contributed by atoms with Gasteiger partial charge in [0, 0.05) is 51.3 Å². The van der Waals surface area contributed by atoms with Crippen molar-refractivity contribution < 1.29 is 0 Å². The molecule has 1 aliphatic carbocycles. The molecule has 0 amide bonds. The van der Waals surface area contributed by atoms with Gasteiger partial charge in [0.2, 0.25) is 0 Å². The monoisotopic (exact) mass is 708 g/mol. The molecule has 0 radical (unpaired) electrons. The van der Waals surface area contributed by atoms with Crippen molar-refractivity contribution in [3.8, 4) is 33.4 Å². The molecule has 0 atom stereocenters. The molecule has 0 unspecified atom stereocenters. The number of benzene rings is 9. The standard InChI is InChI=1S/C51H32S2/c1-51(2)41-21-11-9-20-37(41)48-42(51)28-40-39-25-29-13-3-4-14-30(29)27-45(39)53-50(40)49(48)47-35-18-7-5-16-33(35)46(34-17-6-8-19-36(34)47)31-23-24-44-38(26-31)32-15-10-12-22-43(32)52-44/h3-28H,1-2H3. The molecule has 9 aromatic carbocycles. The third-order valence-corrected chi connectivity index (χ3v) is 14.4. The molecular weight excluding hydrogens is 677 g/mol. The Morgan fingerprint density at radius 1 is 0.358 bits per heavy atom. The van der Waals surface area contributed by atoms with Crippen molar-refractivity contribution in [3.05, 3.63) is 169 Å². The van der Waals surface area contributed by atoms with Crippen molar-refractivity contribution in [3.63, 3.8) is 0 Å². The van der Waals surface area contributed by atoms with Crippen LogP contribution in [0.4, 0.5) is 0 Å². The first kappa shape index (κ1) is 29.7. The zero-order valence-electron chi connectivity index (χ0n) is 29.3. The van der Waals surface area contributed by atoms with Crippen LogP contribution in [0.5, 0.6) is 0 Å². The number of hydrogen-bond acceptors (Lipinski definition) is 2. The van der Waals surface area contributed by atoms with Crippen LogP contribution in [0.15, 0.2) is 158 Å². The van der Waals surface area contributed by atoms with Crippen LogP contribution < -0.4 is 0 Å². The van der Waals surface area contributed by atoms with Crippen molar-refractivity contribution in [1.29, 1.82) is 0 Å². The Morgan fingerprint density at radius 2 is 0.943 bits per heavy atom. The van der Waals surface area contributed by atoms with Crippen LogP contribution in [0.2, 0.25) is 0 Å². The first-order chi connectivity index (χ1) is 26.0. The maximum absolute atomic E-state index is 2.54. The van der Waals surface area contributed by atoms with E-state index in [1.807, 2.05) is 22.7 Å². The molecule has 248 valence electrons. The molecule has 0 spiro atoms. The van der Waals surface area contributed by atoms with E-state index < -0.39 is 0 Å². The number of fused-ring (bicyclic) bond motifs is 12. The van der Waals surface area contributed by atoms with Crippen LogP contribution in [-0.2, 0) is 5.41 Å². The van der Waals surface area contributed by atoms with E-state index in [0.717, 1.165) is 0 Å². The number of hydrogen-bond donors (Lipinski definition) is 0. The van der Waals surface area contributed by atoms with Gasteiger partial charge in [-0.3, -0.25) is 0 Å². The quantitative estimate of drug-likeness (QED) is 0.157. The lowest BCUT2D eigenvalue weighted by Crippen LogP contribution is -2.14. The molecule has 0 fully saturated rings. The molecule has 2 aromatic heterocycles. The van der Waals surface area contributed by atoms with Crippen LogP contribution in [0.1, 0.15) is 25.0 Å². The first-order valence-corrected chi connectivity index (χ1v) is 20.1. The van der Waals surface area contributed by atoms with Crippen molar-refractivity contribution in [2.45, 2.75) is 19.3 Å². The molecule has 12 rings (SSSR count). The fraction of sp³-hybridized carbons (Fsp3) is 0.0588. The van der Waals surface area contributed by atoms with Gasteiger partial charge in [0.1, 0.15) is 0 Å². The van der Waals surface area contributed by atoms with Gasteiger partial charge in [-0.05, 0) is 108 Å². The Balaban J connectivity index is 1.27. The minimum absolute atomic E-state index is 0.135. The molecule has 0 saturated carbocycles. The molecule has 0 N–H and O–H groups in total. The van der Waals surface area contributed by atoms with Crippen molar-refractivity contribution in [2.75, 3.05) is 0 Å². The molecule has 53 heavy (non-hydrogen) atoms. The van der Waals surface area contributed by atoms with Gasteiger partial charge >= 0.3 is 0 Å². The highest BCUT2D eigenvalue weighted by Crippen LogP contribution is 2.58. The summed E-state index contributed by atoms with van der Waals surface area (Å²) in [7, 11) is 0. The highest BCUT2D eigenvalue weighted by Gasteiger charge is 2.39. The van der Waals surface area contributed by atoms with Gasteiger partial charge in [-0.2, -0.15) is 0 Å². The average molecular weight is 709 g/mol. The smallest absolute Gasteiger partial charge is 0.0440 e. The molecule has 0 nitrogen and oxygen atoms in total. The summed E-state index contributed by atoms with van der Waals surface area (Å²) in [6.07, 6.45) is 0. The lowest BCUT2D eigenvalue weighted by atomic mass is 9.80. The van der Waals surface area contributed by atoms with Crippen LogP contribution >= 0.6 is 22.7 Å². The summed E-state index contributed by atoms with van der Waals surface area (Å²) < 4.78 is 5.39. The van der Waals surface area contributed by atoms with Gasteiger partial charge in [0.15, 0.2) is 0 Å². The molecule has 1 aliphatic rings. The molecule has 2 heteroatoms. The van der Waals surface area contributed by atoms with Crippen molar-refractivity contribution in [2.24, 2.45) is 0 Å². The van der Waals surface area contributed by atoms with E-state index in [9.17, 15) is 0 Å². The fourth-order valence-corrected chi connectivity index (χ4v) is 11.9. The van der Waals surface area contributed by atoms with E-state index in [1.165, 1.54) is 117 Å². The topological polar surface area (TPSA) is 0 Å². The predicted molar refractivity (Wildman–Crippen MR) is 233 cm³/mol. The highest BCUT2D eigenvalue weighted by molar-refractivity contribution is 7.26. The van der Waals surface area contributed by atoms with E-state index in [0.29, 0.717) is 0 Å². The van der Waals surface area contributed by atoms with Crippen molar-refractivity contribution in [1.82, 2.24) is 0 Å². The molecule has 11 aromatic rings. The second-order valence-electron chi connectivity index (χ2n) is 15.2. The van der Waals surface area contributed by atoms with Gasteiger partial charge in [-0.15, -0.1) is 22.7 Å². The van der Waals surface area contributed by atoms with E-state index in [4.69, 9.17) is 0 Å². The molecular formula is C51H32S2.